The molecule has 30 heavy (non-hydrogen) atoms. The number of carbonyl (C=O) groups is 1. The lowest BCUT2D eigenvalue weighted by Crippen LogP contribution is -2.14. The number of aromatic nitrogens is 4. The van der Waals surface area contributed by atoms with E-state index in [1.807, 2.05) is 18.2 Å². The zero-order chi connectivity index (χ0) is 21.3. The van der Waals surface area contributed by atoms with Crippen LogP contribution in [0.25, 0.3) is 5.52 Å². The van der Waals surface area contributed by atoms with E-state index in [2.05, 4.69) is 47.2 Å². The van der Waals surface area contributed by atoms with E-state index in [-0.39, 0.29) is 17.3 Å². The minimum atomic E-state index is -0.228. The van der Waals surface area contributed by atoms with Crippen LogP contribution in [0.5, 0.6) is 11.6 Å². The lowest BCUT2D eigenvalue weighted by molar-refractivity contribution is 0.102. The molecule has 4 aromatic rings. The van der Waals surface area contributed by atoms with Crippen LogP contribution in [0.4, 0.5) is 11.6 Å². The lowest BCUT2D eigenvalue weighted by Gasteiger charge is -2.19. The average Bonchev–Trinajstić information content (AvgIpc) is 3.11. The number of anilines is 2. The fourth-order valence-corrected chi connectivity index (χ4v) is 3.00. The SMILES string of the molecule is CC(C)(C)c1cccc(NC(=O)c2cnn3cc(Oc4ccnc(N)n4)ccc23)c1. The van der Waals surface area contributed by atoms with Crippen molar-refractivity contribution >= 4 is 23.1 Å². The number of hydrogen-bond donors (Lipinski definition) is 2. The zero-order valence-corrected chi connectivity index (χ0v) is 17.0. The molecule has 3 N–H and O–H groups in total. The van der Waals surface area contributed by atoms with Crippen molar-refractivity contribution in [2.75, 3.05) is 11.1 Å². The van der Waals surface area contributed by atoms with Crippen molar-refractivity contribution in [3.63, 3.8) is 0 Å². The molecule has 0 spiro atoms. The molecular weight excluding hydrogens is 380 g/mol. The van der Waals surface area contributed by atoms with Crippen molar-refractivity contribution in [3.8, 4) is 11.6 Å². The summed E-state index contributed by atoms with van der Waals surface area (Å²) in [5.41, 5.74) is 8.58. The second-order valence-electron chi connectivity index (χ2n) is 7.89. The number of nitrogens with one attached hydrogen (secondary N) is 1. The molecule has 0 radical (unpaired) electrons. The Kier molecular flexibility index (Phi) is 4.83. The van der Waals surface area contributed by atoms with E-state index in [4.69, 9.17) is 10.5 Å². The Balaban J connectivity index is 1.55. The van der Waals surface area contributed by atoms with Crippen LogP contribution in [0.3, 0.4) is 0 Å². The third kappa shape index (κ3) is 4.07. The first-order valence-corrected chi connectivity index (χ1v) is 9.45. The molecule has 0 bridgehead atoms. The van der Waals surface area contributed by atoms with Crippen molar-refractivity contribution in [3.05, 3.63) is 72.2 Å². The molecule has 3 heterocycles. The van der Waals surface area contributed by atoms with Crippen LogP contribution in [0.1, 0.15) is 36.7 Å². The summed E-state index contributed by atoms with van der Waals surface area (Å²) < 4.78 is 7.27. The van der Waals surface area contributed by atoms with Gasteiger partial charge >= 0.3 is 0 Å². The van der Waals surface area contributed by atoms with E-state index >= 15 is 0 Å². The largest absolute Gasteiger partial charge is 0.437 e. The van der Waals surface area contributed by atoms with Gasteiger partial charge < -0.3 is 15.8 Å². The van der Waals surface area contributed by atoms with Gasteiger partial charge in [-0.1, -0.05) is 32.9 Å². The molecule has 1 aromatic carbocycles. The van der Waals surface area contributed by atoms with E-state index in [1.165, 1.54) is 12.4 Å². The fourth-order valence-electron chi connectivity index (χ4n) is 3.00. The Morgan fingerprint density at radius 3 is 2.77 bits per heavy atom. The van der Waals surface area contributed by atoms with Crippen LogP contribution in [-0.4, -0.2) is 25.5 Å². The van der Waals surface area contributed by atoms with E-state index in [0.29, 0.717) is 22.7 Å². The number of fused-ring (bicyclic) bond motifs is 1. The van der Waals surface area contributed by atoms with Crippen LogP contribution in [0.15, 0.2) is 61.1 Å². The number of pyridine rings is 1. The highest BCUT2D eigenvalue weighted by molar-refractivity contribution is 6.08. The highest BCUT2D eigenvalue weighted by atomic mass is 16.5. The number of amides is 1. The van der Waals surface area contributed by atoms with Crippen LogP contribution in [0, 0.1) is 0 Å². The Morgan fingerprint density at radius 2 is 2.00 bits per heavy atom. The molecule has 0 fully saturated rings. The molecule has 8 nitrogen and oxygen atoms in total. The molecule has 0 saturated carbocycles. The molecule has 0 aliphatic heterocycles. The summed E-state index contributed by atoms with van der Waals surface area (Å²) in [6.07, 6.45) is 4.72. The third-order valence-electron chi connectivity index (χ3n) is 4.59. The highest BCUT2D eigenvalue weighted by Gasteiger charge is 2.16. The van der Waals surface area contributed by atoms with Crippen molar-refractivity contribution < 1.29 is 9.53 Å². The van der Waals surface area contributed by atoms with Gasteiger partial charge in [-0.05, 0) is 35.2 Å². The Hall–Kier alpha value is -3.94. The van der Waals surface area contributed by atoms with Crippen LogP contribution >= 0.6 is 0 Å². The summed E-state index contributed by atoms with van der Waals surface area (Å²) >= 11 is 0. The topological polar surface area (TPSA) is 107 Å². The minimum Gasteiger partial charge on any atom is -0.437 e. The predicted molar refractivity (Wildman–Crippen MR) is 115 cm³/mol. The zero-order valence-electron chi connectivity index (χ0n) is 17.0. The van der Waals surface area contributed by atoms with Gasteiger partial charge in [0.05, 0.1) is 23.5 Å². The van der Waals surface area contributed by atoms with Gasteiger partial charge in [-0.2, -0.15) is 10.1 Å². The van der Waals surface area contributed by atoms with E-state index in [0.717, 1.165) is 11.3 Å². The maximum absolute atomic E-state index is 12.8. The molecule has 0 aliphatic carbocycles. The molecule has 4 rings (SSSR count). The number of nitrogens with two attached hydrogens (primary N) is 1. The number of carbonyl (C=O) groups excluding carboxylic acids is 1. The molecule has 0 atom stereocenters. The Labute approximate surface area is 173 Å². The monoisotopic (exact) mass is 402 g/mol. The van der Waals surface area contributed by atoms with Gasteiger partial charge in [0.1, 0.15) is 5.75 Å². The first-order valence-electron chi connectivity index (χ1n) is 9.45. The van der Waals surface area contributed by atoms with Crippen molar-refractivity contribution in [2.45, 2.75) is 26.2 Å². The number of benzene rings is 1. The van der Waals surface area contributed by atoms with E-state index in [1.54, 1.807) is 28.9 Å². The van der Waals surface area contributed by atoms with Crippen LogP contribution in [0.2, 0.25) is 0 Å². The van der Waals surface area contributed by atoms with Gasteiger partial charge in [0.15, 0.2) is 0 Å². The summed E-state index contributed by atoms with van der Waals surface area (Å²) in [7, 11) is 0. The van der Waals surface area contributed by atoms with Crippen molar-refractivity contribution in [1.82, 2.24) is 19.6 Å². The second-order valence-corrected chi connectivity index (χ2v) is 7.89. The van der Waals surface area contributed by atoms with Gasteiger partial charge in [-0.15, -0.1) is 0 Å². The minimum absolute atomic E-state index is 0.00408. The predicted octanol–water partition coefficient (Wildman–Crippen LogP) is 4.05. The second kappa shape index (κ2) is 7.47. The van der Waals surface area contributed by atoms with E-state index < -0.39 is 0 Å². The molecule has 1 amide bonds. The molecule has 3 aromatic heterocycles. The summed E-state index contributed by atoms with van der Waals surface area (Å²) in [5.74, 6) is 0.731. The number of hydrogen-bond acceptors (Lipinski definition) is 6. The van der Waals surface area contributed by atoms with Gasteiger partial charge in [-0.25, -0.2) is 9.50 Å². The summed E-state index contributed by atoms with van der Waals surface area (Å²) in [6.45, 7) is 6.40. The number of ether oxygens (including phenoxy) is 1. The van der Waals surface area contributed by atoms with Gasteiger partial charge in [0.25, 0.3) is 5.91 Å². The number of nitrogen functional groups attached to an aromatic ring is 1. The van der Waals surface area contributed by atoms with Crippen molar-refractivity contribution in [1.29, 1.82) is 0 Å². The standard InChI is InChI=1S/C22H22N6O2/c1-22(2,3)14-5-4-6-15(11-14)26-20(29)17-12-25-28-13-16(7-8-18(17)28)30-19-9-10-24-21(23)27-19/h4-13H,1-3H3,(H,26,29)(H2,23,24,27). The molecule has 0 unspecified atom stereocenters. The van der Waals surface area contributed by atoms with Crippen molar-refractivity contribution in [2.24, 2.45) is 0 Å². The van der Waals surface area contributed by atoms with E-state index in [9.17, 15) is 4.79 Å². The average molecular weight is 402 g/mol. The molecule has 0 saturated heterocycles. The first kappa shape index (κ1) is 19.4. The normalized spacial score (nSPS) is 11.4. The van der Waals surface area contributed by atoms with Gasteiger partial charge in [0.2, 0.25) is 11.8 Å². The maximum atomic E-state index is 12.8. The molecule has 0 aliphatic rings. The third-order valence-corrected chi connectivity index (χ3v) is 4.59. The quantitative estimate of drug-likeness (QED) is 0.533. The summed E-state index contributed by atoms with van der Waals surface area (Å²) in [6, 6.07) is 13.0. The smallest absolute Gasteiger partial charge is 0.259 e. The van der Waals surface area contributed by atoms with Crippen LogP contribution < -0.4 is 15.8 Å². The van der Waals surface area contributed by atoms with Crippen LogP contribution in [-0.2, 0) is 5.41 Å². The Bertz CT molecular complexity index is 1230. The lowest BCUT2D eigenvalue weighted by atomic mass is 9.87. The molecule has 8 heteroatoms. The maximum Gasteiger partial charge on any atom is 0.259 e. The van der Waals surface area contributed by atoms with Gasteiger partial charge in [-0.3, -0.25) is 4.79 Å². The summed E-state index contributed by atoms with van der Waals surface area (Å²) in [4.78, 5) is 20.7. The summed E-state index contributed by atoms with van der Waals surface area (Å²) in [5, 5.41) is 7.23. The van der Waals surface area contributed by atoms with Gasteiger partial charge in [0, 0.05) is 18.0 Å². The fraction of sp³-hybridized carbons (Fsp3) is 0.182. The number of rotatable bonds is 4. The number of nitrogens with zero attached hydrogens (tertiary/aromatic N) is 4. The molecule has 152 valence electrons. The highest BCUT2D eigenvalue weighted by Crippen LogP contribution is 2.26. The first-order chi connectivity index (χ1) is 14.3. The molecular formula is C22H22N6O2. The Morgan fingerprint density at radius 1 is 1.17 bits per heavy atom.